The SMILES string of the molecule is Cc1ccc(C2(C(=O)Nc3ccc(OC4CSC4)cc3)CC2)cc1. The van der Waals surface area contributed by atoms with Crippen LogP contribution in [0.2, 0.25) is 0 Å². The molecule has 0 unspecified atom stereocenters. The normalized spacial score (nSPS) is 18.5. The lowest BCUT2D eigenvalue weighted by Crippen LogP contribution is -2.31. The van der Waals surface area contributed by atoms with Crippen molar-refractivity contribution in [3.8, 4) is 5.75 Å². The first-order valence-corrected chi connectivity index (χ1v) is 9.54. The summed E-state index contributed by atoms with van der Waals surface area (Å²) < 4.78 is 5.84. The van der Waals surface area contributed by atoms with Crippen LogP contribution >= 0.6 is 11.8 Å². The largest absolute Gasteiger partial charge is 0.489 e. The summed E-state index contributed by atoms with van der Waals surface area (Å²) in [4.78, 5) is 12.8. The number of hydrogen-bond acceptors (Lipinski definition) is 3. The molecule has 24 heavy (non-hydrogen) atoms. The Morgan fingerprint density at radius 2 is 1.75 bits per heavy atom. The van der Waals surface area contributed by atoms with E-state index in [4.69, 9.17) is 4.74 Å². The molecular weight excluding hydrogens is 318 g/mol. The summed E-state index contributed by atoms with van der Waals surface area (Å²) in [5, 5.41) is 3.07. The molecule has 3 nitrogen and oxygen atoms in total. The zero-order valence-corrected chi connectivity index (χ0v) is 14.6. The molecule has 4 heteroatoms. The van der Waals surface area contributed by atoms with Crippen LogP contribution in [0.4, 0.5) is 5.69 Å². The standard InChI is InChI=1S/C20H21NO2S/c1-14-2-4-15(5-3-14)20(10-11-20)19(22)21-16-6-8-17(9-7-16)23-18-12-24-13-18/h2-9,18H,10-13H2,1H3,(H,21,22). The predicted molar refractivity (Wildman–Crippen MR) is 98.9 cm³/mol. The fourth-order valence-electron chi connectivity index (χ4n) is 2.99. The molecule has 0 radical (unpaired) electrons. The number of carbonyl (C=O) groups is 1. The van der Waals surface area contributed by atoms with Crippen LogP contribution in [0.1, 0.15) is 24.0 Å². The fraction of sp³-hybridized carbons (Fsp3) is 0.350. The highest BCUT2D eigenvalue weighted by atomic mass is 32.2. The molecule has 0 atom stereocenters. The molecule has 2 fully saturated rings. The summed E-state index contributed by atoms with van der Waals surface area (Å²) in [6, 6.07) is 16.0. The first kappa shape index (κ1) is 15.6. The van der Waals surface area contributed by atoms with E-state index in [0.29, 0.717) is 6.10 Å². The van der Waals surface area contributed by atoms with E-state index in [1.807, 2.05) is 36.0 Å². The molecule has 1 aliphatic heterocycles. The van der Waals surface area contributed by atoms with Crippen LogP contribution < -0.4 is 10.1 Å². The second kappa shape index (κ2) is 6.17. The third-order valence-corrected chi connectivity index (χ3v) is 6.03. The van der Waals surface area contributed by atoms with Gasteiger partial charge in [-0.25, -0.2) is 0 Å². The van der Waals surface area contributed by atoms with E-state index in [1.165, 1.54) is 5.56 Å². The van der Waals surface area contributed by atoms with Gasteiger partial charge in [-0.3, -0.25) is 4.79 Å². The van der Waals surface area contributed by atoms with Gasteiger partial charge in [-0.2, -0.15) is 11.8 Å². The van der Waals surface area contributed by atoms with Crippen molar-refractivity contribution in [3.63, 3.8) is 0 Å². The average Bonchev–Trinajstić information content (AvgIpc) is 3.35. The van der Waals surface area contributed by atoms with E-state index < -0.39 is 0 Å². The van der Waals surface area contributed by atoms with E-state index in [2.05, 4.69) is 36.5 Å². The van der Waals surface area contributed by atoms with Crippen molar-refractivity contribution in [2.75, 3.05) is 16.8 Å². The van der Waals surface area contributed by atoms with Gasteiger partial charge >= 0.3 is 0 Å². The van der Waals surface area contributed by atoms with Crippen molar-refractivity contribution >= 4 is 23.4 Å². The molecule has 1 saturated heterocycles. The Labute approximate surface area is 146 Å². The Kier molecular flexibility index (Phi) is 4.01. The molecule has 1 aliphatic carbocycles. The highest BCUT2D eigenvalue weighted by Gasteiger charge is 2.51. The van der Waals surface area contributed by atoms with Crippen LogP contribution in [0.3, 0.4) is 0 Å². The predicted octanol–water partition coefficient (Wildman–Crippen LogP) is 4.16. The molecule has 2 aromatic carbocycles. The molecule has 0 bridgehead atoms. The molecule has 1 amide bonds. The van der Waals surface area contributed by atoms with Crippen molar-refractivity contribution < 1.29 is 9.53 Å². The molecule has 1 N–H and O–H groups in total. The van der Waals surface area contributed by atoms with Gasteiger partial charge in [0.05, 0.1) is 5.41 Å². The van der Waals surface area contributed by atoms with Crippen LogP contribution in [-0.4, -0.2) is 23.5 Å². The van der Waals surface area contributed by atoms with Gasteiger partial charge in [-0.05, 0) is 49.6 Å². The highest BCUT2D eigenvalue weighted by Crippen LogP contribution is 2.49. The molecular formula is C20H21NO2S. The molecule has 1 heterocycles. The second-order valence-corrected chi connectivity index (χ2v) is 7.78. The third-order valence-electron chi connectivity index (χ3n) is 4.81. The Balaban J connectivity index is 1.42. The maximum Gasteiger partial charge on any atom is 0.235 e. The van der Waals surface area contributed by atoms with Crippen molar-refractivity contribution in [2.24, 2.45) is 0 Å². The van der Waals surface area contributed by atoms with Crippen LogP contribution in [0.25, 0.3) is 0 Å². The van der Waals surface area contributed by atoms with Gasteiger partial charge in [-0.1, -0.05) is 29.8 Å². The second-order valence-electron chi connectivity index (χ2n) is 6.70. The van der Waals surface area contributed by atoms with Crippen LogP contribution in [0.15, 0.2) is 48.5 Å². The maximum absolute atomic E-state index is 12.8. The van der Waals surface area contributed by atoms with E-state index in [0.717, 1.165) is 41.3 Å². The lowest BCUT2D eigenvalue weighted by atomic mass is 9.94. The molecule has 2 aliphatic rings. The van der Waals surface area contributed by atoms with Crippen LogP contribution in [0, 0.1) is 6.92 Å². The Morgan fingerprint density at radius 3 is 2.29 bits per heavy atom. The molecule has 1 saturated carbocycles. The minimum atomic E-state index is -0.341. The Hall–Kier alpha value is -1.94. The lowest BCUT2D eigenvalue weighted by molar-refractivity contribution is -0.118. The topological polar surface area (TPSA) is 38.3 Å². The van der Waals surface area contributed by atoms with E-state index in [9.17, 15) is 4.79 Å². The number of anilines is 1. The third kappa shape index (κ3) is 3.03. The van der Waals surface area contributed by atoms with Crippen LogP contribution in [0.5, 0.6) is 5.75 Å². The number of amides is 1. The van der Waals surface area contributed by atoms with Crippen molar-refractivity contribution in [1.29, 1.82) is 0 Å². The summed E-state index contributed by atoms with van der Waals surface area (Å²) in [5.41, 5.74) is 2.82. The Morgan fingerprint density at radius 1 is 1.08 bits per heavy atom. The summed E-state index contributed by atoms with van der Waals surface area (Å²) in [6.07, 6.45) is 2.18. The van der Waals surface area contributed by atoms with Crippen molar-refractivity contribution in [3.05, 3.63) is 59.7 Å². The van der Waals surface area contributed by atoms with Gasteiger partial charge in [0.2, 0.25) is 5.91 Å². The average molecular weight is 339 g/mol. The van der Waals surface area contributed by atoms with Crippen LogP contribution in [-0.2, 0) is 10.2 Å². The number of rotatable bonds is 5. The molecule has 4 rings (SSSR count). The number of thioether (sulfide) groups is 1. The minimum Gasteiger partial charge on any atom is -0.489 e. The number of benzene rings is 2. The van der Waals surface area contributed by atoms with Gasteiger partial charge in [0.25, 0.3) is 0 Å². The summed E-state index contributed by atoms with van der Waals surface area (Å²) >= 11 is 1.90. The van der Waals surface area contributed by atoms with Gasteiger partial charge in [0.15, 0.2) is 0 Å². The van der Waals surface area contributed by atoms with Gasteiger partial charge < -0.3 is 10.1 Å². The molecule has 124 valence electrons. The molecule has 2 aromatic rings. The van der Waals surface area contributed by atoms with E-state index in [-0.39, 0.29) is 11.3 Å². The zero-order valence-electron chi connectivity index (χ0n) is 13.7. The van der Waals surface area contributed by atoms with Gasteiger partial charge in [0, 0.05) is 17.2 Å². The monoisotopic (exact) mass is 339 g/mol. The van der Waals surface area contributed by atoms with Crippen molar-refractivity contribution in [2.45, 2.75) is 31.3 Å². The van der Waals surface area contributed by atoms with Gasteiger partial charge in [0.1, 0.15) is 11.9 Å². The number of carbonyl (C=O) groups excluding carboxylic acids is 1. The quantitative estimate of drug-likeness (QED) is 0.889. The zero-order chi connectivity index (χ0) is 16.6. The smallest absolute Gasteiger partial charge is 0.235 e. The summed E-state index contributed by atoms with van der Waals surface area (Å²) in [6.45, 7) is 2.06. The van der Waals surface area contributed by atoms with E-state index in [1.54, 1.807) is 0 Å². The number of ether oxygens (including phenoxy) is 1. The summed E-state index contributed by atoms with van der Waals surface area (Å²) in [7, 11) is 0. The lowest BCUT2D eigenvalue weighted by Gasteiger charge is -2.25. The van der Waals surface area contributed by atoms with Crippen molar-refractivity contribution in [1.82, 2.24) is 0 Å². The highest BCUT2D eigenvalue weighted by molar-refractivity contribution is 8.00. The van der Waals surface area contributed by atoms with Gasteiger partial charge in [-0.15, -0.1) is 0 Å². The van der Waals surface area contributed by atoms with E-state index >= 15 is 0 Å². The number of hydrogen-bond donors (Lipinski definition) is 1. The number of nitrogens with one attached hydrogen (secondary N) is 1. The maximum atomic E-state index is 12.8. The summed E-state index contributed by atoms with van der Waals surface area (Å²) in [5.74, 6) is 3.10. The molecule has 0 spiro atoms. The molecule has 0 aromatic heterocycles. The first-order chi connectivity index (χ1) is 11.7. The fourth-order valence-corrected chi connectivity index (χ4v) is 3.55. The Bertz CT molecular complexity index is 731. The first-order valence-electron chi connectivity index (χ1n) is 8.39. The minimum absolute atomic E-state index is 0.0930. The number of aryl methyl sites for hydroxylation is 1.